The predicted molar refractivity (Wildman–Crippen MR) is 105 cm³/mol. The molecule has 1 saturated heterocycles. The number of para-hydroxylation sites is 1. The first-order valence-corrected chi connectivity index (χ1v) is 8.76. The molecule has 2 heterocycles. The van der Waals surface area contributed by atoms with E-state index in [0.717, 1.165) is 19.6 Å². The first kappa shape index (κ1) is 17.3. The van der Waals surface area contributed by atoms with E-state index in [-0.39, 0.29) is 18.4 Å². The molecule has 0 bridgehead atoms. The van der Waals surface area contributed by atoms with Crippen LogP contribution in [-0.4, -0.2) is 17.7 Å². The molecule has 0 amide bonds. The molecule has 0 aliphatic carbocycles. The van der Waals surface area contributed by atoms with E-state index in [1.54, 1.807) is 0 Å². The highest BCUT2D eigenvalue weighted by Crippen LogP contribution is 2.33. The third-order valence-corrected chi connectivity index (χ3v) is 5.39. The molecular formula is C20H26ClN3. The Morgan fingerprint density at radius 1 is 1.08 bits per heavy atom. The second kappa shape index (κ2) is 7.14. The van der Waals surface area contributed by atoms with Crippen LogP contribution < -0.4 is 11.1 Å². The number of nitrogens with one attached hydrogen (secondary N) is 1. The lowest BCUT2D eigenvalue weighted by Gasteiger charge is -2.28. The second-order valence-corrected chi connectivity index (χ2v) is 6.65. The topological polar surface area (TPSA) is 43.0 Å². The summed E-state index contributed by atoms with van der Waals surface area (Å²) in [5.41, 5.74) is 10.5. The van der Waals surface area contributed by atoms with Gasteiger partial charge in [0.15, 0.2) is 0 Å². The highest BCUT2D eigenvalue weighted by atomic mass is 35.5. The van der Waals surface area contributed by atoms with Gasteiger partial charge in [-0.15, -0.1) is 12.4 Å². The molecule has 1 atom stereocenters. The lowest BCUT2D eigenvalue weighted by Crippen LogP contribution is -2.33. The molecule has 1 aromatic heterocycles. The molecule has 4 heteroatoms. The number of halogens is 1. The molecule has 3 nitrogen and oxygen atoms in total. The smallest absolute Gasteiger partial charge is 0.0491 e. The first-order chi connectivity index (χ1) is 11.3. The van der Waals surface area contributed by atoms with E-state index in [0.29, 0.717) is 5.92 Å². The van der Waals surface area contributed by atoms with Crippen LogP contribution in [0.15, 0.2) is 42.5 Å². The van der Waals surface area contributed by atoms with Crippen LogP contribution in [0.2, 0.25) is 0 Å². The van der Waals surface area contributed by atoms with Gasteiger partial charge in [0.2, 0.25) is 0 Å². The van der Waals surface area contributed by atoms with E-state index in [4.69, 9.17) is 5.73 Å². The zero-order chi connectivity index (χ0) is 15.8. The molecule has 4 rings (SSSR count). The molecule has 24 heavy (non-hydrogen) atoms. The van der Waals surface area contributed by atoms with Gasteiger partial charge in [0, 0.05) is 34.4 Å². The Balaban J connectivity index is 0.00000169. The van der Waals surface area contributed by atoms with Crippen LogP contribution in [0.3, 0.4) is 0 Å². The summed E-state index contributed by atoms with van der Waals surface area (Å²) in [7, 11) is 0. The van der Waals surface area contributed by atoms with Crippen LogP contribution in [-0.2, 0) is 6.54 Å². The summed E-state index contributed by atoms with van der Waals surface area (Å²) in [5.74, 6) is 0.591. The molecule has 3 aromatic rings. The predicted octanol–water partition coefficient (Wildman–Crippen LogP) is 4.24. The van der Waals surface area contributed by atoms with Gasteiger partial charge in [-0.2, -0.15) is 0 Å². The normalized spacial score (nSPS) is 17.1. The fourth-order valence-electron chi connectivity index (χ4n) is 4.09. The van der Waals surface area contributed by atoms with Crippen molar-refractivity contribution in [1.82, 2.24) is 9.88 Å². The van der Waals surface area contributed by atoms with Crippen LogP contribution >= 0.6 is 12.4 Å². The number of rotatable bonds is 3. The largest absolute Gasteiger partial charge is 0.341 e. The van der Waals surface area contributed by atoms with Crippen molar-refractivity contribution >= 4 is 34.2 Å². The van der Waals surface area contributed by atoms with Gasteiger partial charge in [-0.05, 0) is 62.5 Å². The molecule has 2 aromatic carbocycles. The number of piperidine rings is 1. The zero-order valence-corrected chi connectivity index (χ0v) is 15.0. The molecular weight excluding hydrogens is 318 g/mol. The van der Waals surface area contributed by atoms with Gasteiger partial charge in [-0.25, -0.2) is 0 Å². The lowest BCUT2D eigenvalue weighted by molar-refractivity contribution is 0.322. The van der Waals surface area contributed by atoms with Crippen LogP contribution in [0.25, 0.3) is 21.8 Å². The Morgan fingerprint density at radius 2 is 1.79 bits per heavy atom. The second-order valence-electron chi connectivity index (χ2n) is 6.65. The maximum Gasteiger partial charge on any atom is 0.0491 e. The number of nitrogens with two attached hydrogens (primary N) is 1. The Bertz CT molecular complexity index is 833. The number of nitrogens with zero attached hydrogens (tertiary/aromatic N) is 1. The number of fused-ring (bicyclic) bond motifs is 3. The van der Waals surface area contributed by atoms with E-state index in [1.807, 2.05) is 0 Å². The highest BCUT2D eigenvalue weighted by molar-refractivity contribution is 6.08. The first-order valence-electron chi connectivity index (χ1n) is 8.76. The van der Waals surface area contributed by atoms with E-state index in [2.05, 4.69) is 59.3 Å². The van der Waals surface area contributed by atoms with Gasteiger partial charge in [0.05, 0.1) is 0 Å². The zero-order valence-electron chi connectivity index (χ0n) is 14.2. The quantitative estimate of drug-likeness (QED) is 0.747. The van der Waals surface area contributed by atoms with Crippen molar-refractivity contribution in [3.05, 3.63) is 48.0 Å². The third-order valence-electron chi connectivity index (χ3n) is 5.39. The Labute approximate surface area is 149 Å². The van der Waals surface area contributed by atoms with E-state index >= 15 is 0 Å². The van der Waals surface area contributed by atoms with Crippen LogP contribution in [0.1, 0.15) is 31.4 Å². The minimum atomic E-state index is 0. The molecule has 0 spiro atoms. The lowest BCUT2D eigenvalue weighted by atomic mass is 9.86. The monoisotopic (exact) mass is 343 g/mol. The number of hydrogen-bond acceptors (Lipinski definition) is 2. The van der Waals surface area contributed by atoms with Crippen molar-refractivity contribution in [2.45, 2.75) is 32.4 Å². The van der Waals surface area contributed by atoms with E-state index < -0.39 is 0 Å². The molecule has 0 radical (unpaired) electrons. The van der Waals surface area contributed by atoms with Gasteiger partial charge >= 0.3 is 0 Å². The number of hydrogen-bond donors (Lipinski definition) is 2. The maximum atomic E-state index is 6.61. The average molecular weight is 344 g/mol. The number of benzene rings is 2. The van der Waals surface area contributed by atoms with Crippen LogP contribution in [0, 0.1) is 5.92 Å². The van der Waals surface area contributed by atoms with Crippen LogP contribution in [0.4, 0.5) is 0 Å². The standard InChI is InChI=1S/C20H25N3.ClH/c1-2-23-18-6-4-3-5-16(18)17-13-15(7-8-19(17)23)20(21)14-9-11-22-12-10-14;/h3-8,13-14,20,22H,2,9-12,21H2,1H3;1H/t20-;/m1./s1. The Kier molecular flexibility index (Phi) is 5.14. The van der Waals surface area contributed by atoms with Gasteiger partial charge in [-0.1, -0.05) is 24.3 Å². The minimum absolute atomic E-state index is 0. The summed E-state index contributed by atoms with van der Waals surface area (Å²) in [6, 6.07) is 15.7. The van der Waals surface area contributed by atoms with Crippen molar-refractivity contribution in [3.63, 3.8) is 0 Å². The van der Waals surface area contributed by atoms with Crippen molar-refractivity contribution < 1.29 is 0 Å². The summed E-state index contributed by atoms with van der Waals surface area (Å²) in [4.78, 5) is 0. The Morgan fingerprint density at radius 3 is 2.54 bits per heavy atom. The van der Waals surface area contributed by atoms with Crippen molar-refractivity contribution in [3.8, 4) is 0 Å². The SMILES string of the molecule is CCn1c2ccccc2c2cc([C@H](N)C3CCNCC3)ccc21.Cl. The Hall–Kier alpha value is -1.55. The van der Waals surface area contributed by atoms with Gasteiger partial charge in [-0.3, -0.25) is 0 Å². The molecule has 0 unspecified atom stereocenters. The van der Waals surface area contributed by atoms with Gasteiger partial charge < -0.3 is 15.6 Å². The molecule has 1 aliphatic rings. The average Bonchev–Trinajstić information content (AvgIpc) is 2.95. The van der Waals surface area contributed by atoms with Crippen molar-refractivity contribution in [1.29, 1.82) is 0 Å². The summed E-state index contributed by atoms with van der Waals surface area (Å²) < 4.78 is 2.39. The summed E-state index contributed by atoms with van der Waals surface area (Å²) in [5, 5.41) is 6.10. The molecule has 3 N–H and O–H groups in total. The van der Waals surface area contributed by atoms with Gasteiger partial charge in [0.1, 0.15) is 0 Å². The molecule has 1 fully saturated rings. The molecule has 0 saturated carbocycles. The summed E-state index contributed by atoms with van der Waals surface area (Å²) in [6.45, 7) is 5.38. The van der Waals surface area contributed by atoms with E-state index in [1.165, 1.54) is 40.2 Å². The van der Waals surface area contributed by atoms with Crippen LogP contribution in [0.5, 0.6) is 0 Å². The van der Waals surface area contributed by atoms with Crippen molar-refractivity contribution in [2.75, 3.05) is 13.1 Å². The van der Waals surface area contributed by atoms with Gasteiger partial charge in [0.25, 0.3) is 0 Å². The molecule has 1 aliphatic heterocycles. The highest BCUT2D eigenvalue weighted by Gasteiger charge is 2.22. The van der Waals surface area contributed by atoms with E-state index in [9.17, 15) is 0 Å². The summed E-state index contributed by atoms with van der Waals surface area (Å²) >= 11 is 0. The third kappa shape index (κ3) is 2.81. The fourth-order valence-corrected chi connectivity index (χ4v) is 4.09. The summed E-state index contributed by atoms with van der Waals surface area (Å²) in [6.07, 6.45) is 2.35. The molecule has 128 valence electrons. The number of aryl methyl sites for hydroxylation is 1. The van der Waals surface area contributed by atoms with Crippen molar-refractivity contribution in [2.24, 2.45) is 11.7 Å². The fraction of sp³-hybridized carbons (Fsp3) is 0.400. The number of aromatic nitrogens is 1. The maximum absolute atomic E-state index is 6.61. The minimum Gasteiger partial charge on any atom is -0.341 e.